The molecular formula is C6H13NO3Si. The van der Waals surface area contributed by atoms with E-state index < -0.39 is 9.52 Å². The first-order chi connectivity index (χ1) is 5.35. The number of aliphatic imine (C=N–C) groups is 1. The Kier molecular flexibility index (Phi) is 7.29. The van der Waals surface area contributed by atoms with Crippen LogP contribution >= 0.6 is 0 Å². The largest absolute Gasteiger partial charge is 0.360 e. The summed E-state index contributed by atoms with van der Waals surface area (Å²) in [5.74, 6) is -0.0446. The van der Waals surface area contributed by atoms with Crippen molar-refractivity contribution in [3.8, 4) is 0 Å². The Morgan fingerprint density at radius 3 is 2.64 bits per heavy atom. The molecule has 0 unspecified atom stereocenters. The standard InChI is InChI=1S/C6H13NO3Si/c1-9-6(10-2)11-4-3-7-5-8/h6H,3-4,11H2,1-2H3. The number of nitrogens with zero attached hydrogens (tertiary/aromatic N) is 1. The van der Waals surface area contributed by atoms with E-state index in [2.05, 4.69) is 4.99 Å². The van der Waals surface area contributed by atoms with E-state index in [1.165, 1.54) is 6.08 Å². The van der Waals surface area contributed by atoms with Crippen LogP contribution in [0.3, 0.4) is 0 Å². The van der Waals surface area contributed by atoms with Gasteiger partial charge >= 0.3 is 0 Å². The lowest BCUT2D eigenvalue weighted by Crippen LogP contribution is -2.21. The Bertz CT molecular complexity index is 132. The molecule has 0 atom stereocenters. The van der Waals surface area contributed by atoms with Gasteiger partial charge < -0.3 is 9.47 Å². The number of ether oxygens (including phenoxy) is 2. The molecule has 0 rings (SSSR count). The van der Waals surface area contributed by atoms with Crippen molar-refractivity contribution in [2.45, 2.75) is 12.0 Å². The van der Waals surface area contributed by atoms with Crippen LogP contribution in [0.4, 0.5) is 0 Å². The molecular weight excluding hydrogens is 162 g/mol. The molecule has 0 N–H and O–H groups in total. The van der Waals surface area contributed by atoms with Gasteiger partial charge in [0.2, 0.25) is 6.08 Å². The van der Waals surface area contributed by atoms with Crippen molar-refractivity contribution >= 4 is 15.6 Å². The van der Waals surface area contributed by atoms with Gasteiger partial charge in [-0.15, -0.1) is 0 Å². The minimum atomic E-state index is -0.412. The van der Waals surface area contributed by atoms with E-state index in [4.69, 9.17) is 9.47 Å². The Morgan fingerprint density at radius 1 is 1.55 bits per heavy atom. The van der Waals surface area contributed by atoms with Crippen LogP contribution in [0.25, 0.3) is 0 Å². The third kappa shape index (κ3) is 5.94. The Hall–Kier alpha value is -0.483. The summed E-state index contributed by atoms with van der Waals surface area (Å²) in [5.41, 5.74) is 0. The van der Waals surface area contributed by atoms with Crippen molar-refractivity contribution in [2.75, 3.05) is 20.8 Å². The van der Waals surface area contributed by atoms with Crippen molar-refractivity contribution < 1.29 is 14.3 Å². The molecule has 11 heavy (non-hydrogen) atoms. The maximum absolute atomic E-state index is 9.65. The molecule has 0 heterocycles. The van der Waals surface area contributed by atoms with Crippen molar-refractivity contribution in [3.05, 3.63) is 0 Å². The van der Waals surface area contributed by atoms with E-state index in [0.717, 1.165) is 6.04 Å². The van der Waals surface area contributed by atoms with Crippen LogP contribution in [0.5, 0.6) is 0 Å². The summed E-state index contributed by atoms with van der Waals surface area (Å²) in [6.07, 6.45) is 1.49. The minimum absolute atomic E-state index is 0.0446. The summed E-state index contributed by atoms with van der Waals surface area (Å²) < 4.78 is 9.96. The van der Waals surface area contributed by atoms with E-state index in [1.807, 2.05) is 0 Å². The van der Waals surface area contributed by atoms with Crippen LogP contribution in [-0.2, 0) is 14.3 Å². The monoisotopic (exact) mass is 175 g/mol. The number of methoxy groups -OCH3 is 2. The van der Waals surface area contributed by atoms with Gasteiger partial charge in [0.25, 0.3) is 0 Å². The van der Waals surface area contributed by atoms with Gasteiger partial charge in [-0.1, -0.05) is 0 Å². The third-order valence-corrected chi connectivity index (χ3v) is 3.16. The molecule has 0 aromatic carbocycles. The highest BCUT2D eigenvalue weighted by Gasteiger charge is 2.03. The SMILES string of the molecule is COC(OC)[SiH2]CCN=C=O. The molecule has 0 spiro atoms. The number of hydrogen-bond donors (Lipinski definition) is 0. The van der Waals surface area contributed by atoms with Crippen molar-refractivity contribution in [1.82, 2.24) is 0 Å². The van der Waals surface area contributed by atoms with Gasteiger partial charge in [0.15, 0.2) is 0 Å². The lowest BCUT2D eigenvalue weighted by Gasteiger charge is -2.10. The predicted octanol–water partition coefficient (Wildman–Crippen LogP) is -0.514. The molecule has 0 aliphatic heterocycles. The summed E-state index contributed by atoms with van der Waals surface area (Å²) >= 11 is 0. The van der Waals surface area contributed by atoms with Gasteiger partial charge in [0, 0.05) is 20.8 Å². The number of hydrogen-bond acceptors (Lipinski definition) is 4. The molecule has 5 heteroatoms. The van der Waals surface area contributed by atoms with Gasteiger partial charge in [-0.2, -0.15) is 0 Å². The van der Waals surface area contributed by atoms with Crippen LogP contribution < -0.4 is 0 Å². The van der Waals surface area contributed by atoms with E-state index in [0.29, 0.717) is 6.54 Å². The number of carbonyl (C=O) groups excluding carboxylic acids is 1. The van der Waals surface area contributed by atoms with Crippen LogP contribution in [-0.4, -0.2) is 42.3 Å². The summed E-state index contributed by atoms with van der Waals surface area (Å²) in [4.78, 5) is 13.1. The minimum Gasteiger partial charge on any atom is -0.360 e. The number of rotatable bonds is 6. The van der Waals surface area contributed by atoms with E-state index in [-0.39, 0.29) is 5.91 Å². The zero-order valence-electron chi connectivity index (χ0n) is 6.87. The predicted molar refractivity (Wildman–Crippen MR) is 44.1 cm³/mol. The van der Waals surface area contributed by atoms with Crippen molar-refractivity contribution in [3.63, 3.8) is 0 Å². The molecule has 4 nitrogen and oxygen atoms in total. The summed E-state index contributed by atoms with van der Waals surface area (Å²) in [6.45, 7) is 0.555. The molecule has 0 radical (unpaired) electrons. The van der Waals surface area contributed by atoms with Gasteiger partial charge in [-0.3, -0.25) is 0 Å². The summed E-state index contributed by atoms with van der Waals surface area (Å²) in [6, 6.07) is 0.918. The second kappa shape index (κ2) is 7.62. The molecule has 0 saturated heterocycles. The lowest BCUT2D eigenvalue weighted by atomic mass is 10.8. The summed E-state index contributed by atoms with van der Waals surface area (Å²) in [5, 5.41) is 0. The molecule has 0 amide bonds. The van der Waals surface area contributed by atoms with Gasteiger partial charge in [0.1, 0.15) is 5.91 Å². The fourth-order valence-electron chi connectivity index (χ4n) is 0.715. The zero-order chi connectivity index (χ0) is 8.53. The highest BCUT2D eigenvalue weighted by atomic mass is 28.2. The molecule has 0 saturated carbocycles. The molecule has 0 aromatic heterocycles. The second-order valence-corrected chi connectivity index (χ2v) is 3.97. The first kappa shape index (κ1) is 10.5. The topological polar surface area (TPSA) is 47.9 Å². The van der Waals surface area contributed by atoms with Gasteiger partial charge in [-0.25, -0.2) is 9.79 Å². The first-order valence-corrected chi connectivity index (χ1v) is 5.26. The quantitative estimate of drug-likeness (QED) is 0.179. The van der Waals surface area contributed by atoms with Crippen LogP contribution in [0.1, 0.15) is 0 Å². The smallest absolute Gasteiger partial charge is 0.234 e. The Labute approximate surface area is 68.4 Å². The number of isocyanates is 1. The van der Waals surface area contributed by atoms with Crippen molar-refractivity contribution in [1.29, 1.82) is 0 Å². The normalized spacial score (nSPS) is 10.8. The van der Waals surface area contributed by atoms with Crippen LogP contribution in [0.2, 0.25) is 6.04 Å². The van der Waals surface area contributed by atoms with Gasteiger partial charge in [0.05, 0.1) is 9.52 Å². The average molecular weight is 175 g/mol. The van der Waals surface area contributed by atoms with Crippen LogP contribution in [0, 0.1) is 0 Å². The summed E-state index contributed by atoms with van der Waals surface area (Å²) in [7, 11) is 2.82. The zero-order valence-corrected chi connectivity index (χ0v) is 8.28. The van der Waals surface area contributed by atoms with Crippen LogP contribution in [0.15, 0.2) is 4.99 Å². The van der Waals surface area contributed by atoms with E-state index >= 15 is 0 Å². The third-order valence-electron chi connectivity index (χ3n) is 1.30. The molecule has 64 valence electrons. The molecule has 0 aromatic rings. The highest BCUT2D eigenvalue weighted by molar-refractivity contribution is 6.36. The molecule has 0 aliphatic carbocycles. The maximum Gasteiger partial charge on any atom is 0.234 e. The van der Waals surface area contributed by atoms with Crippen molar-refractivity contribution in [2.24, 2.45) is 4.99 Å². The van der Waals surface area contributed by atoms with Gasteiger partial charge in [-0.05, 0) is 6.04 Å². The maximum atomic E-state index is 9.65. The molecule has 0 bridgehead atoms. The van der Waals surface area contributed by atoms with E-state index in [9.17, 15) is 4.79 Å². The lowest BCUT2D eigenvalue weighted by molar-refractivity contribution is -0.0440. The van der Waals surface area contributed by atoms with E-state index in [1.54, 1.807) is 14.2 Å². The first-order valence-electron chi connectivity index (χ1n) is 3.44. The molecule has 0 aliphatic rings. The average Bonchev–Trinajstić information content (AvgIpc) is 2.05. The second-order valence-electron chi connectivity index (χ2n) is 2.02. The highest BCUT2D eigenvalue weighted by Crippen LogP contribution is 1.91. The fraction of sp³-hybridized carbons (Fsp3) is 0.833. The Morgan fingerprint density at radius 2 is 2.18 bits per heavy atom. The fourth-order valence-corrected chi connectivity index (χ4v) is 1.86. The molecule has 0 fully saturated rings. The Balaban J connectivity index is 3.27.